The average molecular weight is 648 g/mol. The number of nitrogens with one attached hydrogen (secondary N) is 1. The van der Waals surface area contributed by atoms with Gasteiger partial charge >= 0.3 is 0 Å². The number of fused-ring (bicyclic) bond motifs is 1. The molecule has 3 aliphatic rings. The number of aliphatic hydroxyl groups excluding tert-OH is 1. The number of carbonyl (C=O) groups excluding carboxylic acids is 2. The largest absolute Gasteiger partial charge is 0.396 e. The molecule has 2 saturated heterocycles. The molecule has 0 radical (unpaired) electrons. The summed E-state index contributed by atoms with van der Waals surface area (Å²) in [5.74, 6) is -0.987. The third-order valence-electron chi connectivity index (χ3n) is 9.99. The number of hydrogen-bond acceptors (Lipinski definition) is 8. The normalized spacial score (nSPS) is 21.1. The summed E-state index contributed by atoms with van der Waals surface area (Å²) in [5, 5.41) is 33.2. The van der Waals surface area contributed by atoms with Gasteiger partial charge in [-0.25, -0.2) is 0 Å². The van der Waals surface area contributed by atoms with E-state index in [2.05, 4.69) is 20.5 Å². The number of para-hydroxylation sites is 2. The minimum atomic E-state index is -1.87. The van der Waals surface area contributed by atoms with Crippen molar-refractivity contribution >= 4 is 34.6 Å². The van der Waals surface area contributed by atoms with Crippen molar-refractivity contribution in [2.45, 2.75) is 50.3 Å². The molecule has 3 aliphatic heterocycles. The Bertz CT molecular complexity index is 1800. The van der Waals surface area contributed by atoms with Crippen LogP contribution in [0, 0.1) is 5.92 Å². The molecule has 7 rings (SSSR count). The third-order valence-corrected chi connectivity index (χ3v) is 9.99. The van der Waals surface area contributed by atoms with Gasteiger partial charge in [-0.05, 0) is 74.8 Å². The molecule has 3 aromatic carbocycles. The molecule has 1 spiro atoms. The Labute approximate surface area is 280 Å². The number of carbonyl (C=O) groups is 2. The second-order valence-electron chi connectivity index (χ2n) is 12.8. The van der Waals surface area contributed by atoms with Crippen LogP contribution < -0.4 is 20.0 Å². The van der Waals surface area contributed by atoms with E-state index in [9.17, 15) is 14.7 Å². The van der Waals surface area contributed by atoms with Crippen molar-refractivity contribution in [3.05, 3.63) is 108 Å². The Morgan fingerprint density at radius 1 is 0.938 bits per heavy atom. The molecule has 2 atom stereocenters. The highest BCUT2D eigenvalue weighted by atomic mass is 16.3. The van der Waals surface area contributed by atoms with E-state index in [1.54, 1.807) is 14.5 Å². The van der Waals surface area contributed by atoms with Crippen molar-refractivity contribution in [3.8, 4) is 0 Å². The maximum Gasteiger partial charge on any atom is 0.268 e. The van der Waals surface area contributed by atoms with Gasteiger partial charge < -0.3 is 20.4 Å². The smallest absolute Gasteiger partial charge is 0.268 e. The number of piperidine rings is 1. The lowest BCUT2D eigenvalue weighted by Crippen LogP contribution is -2.55. The van der Waals surface area contributed by atoms with E-state index in [1.807, 2.05) is 104 Å². The first-order valence-electron chi connectivity index (χ1n) is 16.7. The molecule has 0 aliphatic carbocycles. The Hall–Kier alpha value is -4.84. The van der Waals surface area contributed by atoms with Gasteiger partial charge in [0, 0.05) is 54.3 Å². The molecule has 4 aromatic rings. The number of aromatic nitrogens is 3. The van der Waals surface area contributed by atoms with Crippen LogP contribution in [-0.2, 0) is 28.2 Å². The number of hydrogen-bond donors (Lipinski definition) is 3. The lowest BCUT2D eigenvalue weighted by molar-refractivity contribution is -0.138. The summed E-state index contributed by atoms with van der Waals surface area (Å²) < 4.78 is 1.72. The summed E-state index contributed by atoms with van der Waals surface area (Å²) in [6.07, 6.45) is 8.06. The van der Waals surface area contributed by atoms with Gasteiger partial charge in [0.2, 0.25) is 0 Å². The van der Waals surface area contributed by atoms with Gasteiger partial charge in [0.15, 0.2) is 5.60 Å². The molecule has 4 heterocycles. The van der Waals surface area contributed by atoms with Crippen LogP contribution in [0.3, 0.4) is 0 Å². The highest BCUT2D eigenvalue weighted by Gasteiger charge is 2.56. The molecule has 2 fully saturated rings. The van der Waals surface area contributed by atoms with E-state index in [0.717, 1.165) is 24.5 Å². The lowest BCUT2D eigenvalue weighted by atomic mass is 9.82. The first-order chi connectivity index (χ1) is 23.4. The first-order valence-corrected chi connectivity index (χ1v) is 16.7. The molecule has 3 N–H and O–H groups in total. The molecule has 248 valence electrons. The van der Waals surface area contributed by atoms with Crippen molar-refractivity contribution in [3.63, 3.8) is 0 Å². The van der Waals surface area contributed by atoms with Gasteiger partial charge in [-0.2, -0.15) is 0 Å². The minimum absolute atomic E-state index is 0.0153. The minimum Gasteiger partial charge on any atom is -0.396 e. The van der Waals surface area contributed by atoms with E-state index in [4.69, 9.17) is 5.11 Å². The monoisotopic (exact) mass is 647 g/mol. The number of aryl methyl sites for hydroxylation is 1. The number of anilines is 4. The number of aliphatic hydroxyl groups is 2. The van der Waals surface area contributed by atoms with Crippen LogP contribution >= 0.6 is 0 Å². The summed E-state index contributed by atoms with van der Waals surface area (Å²) >= 11 is 0. The van der Waals surface area contributed by atoms with E-state index in [-0.39, 0.29) is 12.5 Å². The zero-order chi connectivity index (χ0) is 33.3. The third kappa shape index (κ3) is 5.37. The SMILES string of the molecule is C[C@@H](/C=C/CCn1cc(CCO)nn1)[C@]1(O)C(=O)N(c2ccccc2)c2ccc(N3CN(c4ccccc4)C4(CCNCC4)C3=O)cc21. The molecular weight excluding hydrogens is 606 g/mol. The zero-order valence-corrected chi connectivity index (χ0v) is 27.1. The van der Waals surface area contributed by atoms with Crippen molar-refractivity contribution in [2.75, 3.05) is 41.1 Å². The van der Waals surface area contributed by atoms with Crippen molar-refractivity contribution in [1.82, 2.24) is 20.3 Å². The maximum atomic E-state index is 14.4. The van der Waals surface area contributed by atoms with E-state index in [0.29, 0.717) is 61.5 Å². The number of rotatable bonds is 10. The van der Waals surface area contributed by atoms with Crippen molar-refractivity contribution in [2.24, 2.45) is 5.92 Å². The molecule has 0 bridgehead atoms. The van der Waals surface area contributed by atoms with Crippen molar-refractivity contribution in [1.29, 1.82) is 0 Å². The van der Waals surface area contributed by atoms with Crippen LogP contribution in [0.4, 0.5) is 22.7 Å². The van der Waals surface area contributed by atoms with Gasteiger partial charge in [-0.3, -0.25) is 24.1 Å². The zero-order valence-electron chi connectivity index (χ0n) is 27.1. The Balaban J connectivity index is 1.22. The van der Waals surface area contributed by atoms with Crippen LogP contribution in [0.15, 0.2) is 97.2 Å². The predicted octanol–water partition coefficient (Wildman–Crippen LogP) is 3.89. The molecule has 2 amide bonds. The fourth-order valence-corrected chi connectivity index (χ4v) is 7.35. The summed E-state index contributed by atoms with van der Waals surface area (Å²) in [7, 11) is 0. The fourth-order valence-electron chi connectivity index (χ4n) is 7.35. The topological polar surface area (TPSA) is 127 Å². The molecule has 11 nitrogen and oxygen atoms in total. The standard InChI is InChI=1S/C37H41N7O4/c1-27(10-8-9-22-41-25-28(17-23-45)39-40-41)37(48)32-24-31(15-16-33(32)44(35(37)47)30-13-6-3-7-14-30)42-26-43(29-11-4-2-5-12-29)36(34(42)46)18-20-38-21-19-36/h2-8,10-16,24-25,27,38,45,48H,9,17-23,26H2,1H3/b10-8+/t27-,37+/m0/s1. The highest BCUT2D eigenvalue weighted by molar-refractivity contribution is 6.13. The van der Waals surface area contributed by atoms with E-state index < -0.39 is 23.0 Å². The summed E-state index contributed by atoms with van der Waals surface area (Å²) in [6.45, 7) is 4.29. The first kappa shape index (κ1) is 31.7. The Morgan fingerprint density at radius 3 is 2.35 bits per heavy atom. The van der Waals surface area contributed by atoms with Crippen LogP contribution in [0.2, 0.25) is 0 Å². The van der Waals surface area contributed by atoms with Gasteiger partial charge in [0.1, 0.15) is 5.54 Å². The second-order valence-corrected chi connectivity index (χ2v) is 12.8. The Morgan fingerprint density at radius 2 is 1.65 bits per heavy atom. The molecular formula is C37H41N7O4. The van der Waals surface area contributed by atoms with Gasteiger partial charge in [0.25, 0.3) is 11.8 Å². The molecule has 0 unspecified atom stereocenters. The van der Waals surface area contributed by atoms with Gasteiger partial charge in [0.05, 0.1) is 18.1 Å². The quantitative estimate of drug-likeness (QED) is 0.222. The molecule has 11 heteroatoms. The number of benzene rings is 3. The second kappa shape index (κ2) is 13.0. The van der Waals surface area contributed by atoms with Crippen molar-refractivity contribution < 1.29 is 19.8 Å². The fraction of sp³-hybridized carbons (Fsp3) is 0.351. The number of allylic oxidation sites excluding steroid dienone is 1. The maximum absolute atomic E-state index is 14.4. The van der Waals surface area contributed by atoms with Gasteiger partial charge in [-0.15, -0.1) is 5.10 Å². The molecule has 1 aromatic heterocycles. The molecule has 0 saturated carbocycles. The van der Waals surface area contributed by atoms with Crippen LogP contribution in [0.5, 0.6) is 0 Å². The summed E-state index contributed by atoms with van der Waals surface area (Å²) in [4.78, 5) is 34.3. The van der Waals surface area contributed by atoms with E-state index >= 15 is 0 Å². The summed E-state index contributed by atoms with van der Waals surface area (Å²) in [6, 6.07) is 25.0. The molecule has 48 heavy (non-hydrogen) atoms. The van der Waals surface area contributed by atoms with Crippen LogP contribution in [-0.4, -0.2) is 68.9 Å². The van der Waals surface area contributed by atoms with E-state index in [1.165, 1.54) is 0 Å². The average Bonchev–Trinajstić information content (AvgIpc) is 3.75. The van der Waals surface area contributed by atoms with Crippen LogP contribution in [0.1, 0.15) is 37.4 Å². The Kier molecular flexibility index (Phi) is 8.59. The number of amides is 2. The highest BCUT2D eigenvalue weighted by Crippen LogP contribution is 2.50. The lowest BCUT2D eigenvalue weighted by Gasteiger charge is -2.39. The van der Waals surface area contributed by atoms with Crippen LogP contribution in [0.25, 0.3) is 0 Å². The predicted molar refractivity (Wildman–Crippen MR) is 184 cm³/mol. The number of nitrogens with zero attached hydrogens (tertiary/aromatic N) is 6. The summed E-state index contributed by atoms with van der Waals surface area (Å²) in [5.41, 5.74) is 1.56. The van der Waals surface area contributed by atoms with Gasteiger partial charge in [-0.1, -0.05) is 60.7 Å².